The van der Waals surface area contributed by atoms with E-state index in [1.807, 2.05) is 0 Å². The molecule has 2 nitrogen and oxygen atoms in total. The number of hydrogen-bond donors (Lipinski definition) is 1. The van der Waals surface area contributed by atoms with Gasteiger partial charge in [0.05, 0.1) is 0 Å². The van der Waals surface area contributed by atoms with Gasteiger partial charge in [0.25, 0.3) is 0 Å². The van der Waals surface area contributed by atoms with E-state index in [-0.39, 0.29) is 0 Å². The fourth-order valence-electron chi connectivity index (χ4n) is 3.93. The van der Waals surface area contributed by atoms with Crippen molar-refractivity contribution in [3.63, 3.8) is 0 Å². The molecule has 0 aromatic rings. The third-order valence-electron chi connectivity index (χ3n) is 4.98. The molecule has 2 heteroatoms. The Balaban J connectivity index is 1.77. The van der Waals surface area contributed by atoms with Crippen LogP contribution < -0.4 is 5.32 Å². The van der Waals surface area contributed by atoms with E-state index >= 15 is 0 Å². The number of unbranched alkanes of at least 4 members (excludes halogenated alkanes) is 1. The Morgan fingerprint density at radius 2 is 1.78 bits per heavy atom. The normalized spacial score (nSPS) is 33.0. The molecule has 0 spiro atoms. The van der Waals surface area contributed by atoms with Crippen molar-refractivity contribution in [2.75, 3.05) is 13.6 Å². The van der Waals surface area contributed by atoms with E-state index in [2.05, 4.69) is 31.1 Å². The highest BCUT2D eigenvalue weighted by molar-refractivity contribution is 4.94. The van der Waals surface area contributed by atoms with Crippen molar-refractivity contribution in [3.05, 3.63) is 0 Å². The molecule has 2 heterocycles. The zero-order chi connectivity index (χ0) is 13.0. The molecule has 2 bridgehead atoms. The van der Waals surface area contributed by atoms with Crippen LogP contribution in [0.25, 0.3) is 0 Å². The zero-order valence-electron chi connectivity index (χ0n) is 12.6. The van der Waals surface area contributed by atoms with E-state index in [9.17, 15) is 0 Å². The van der Waals surface area contributed by atoms with Gasteiger partial charge in [-0.1, -0.05) is 33.1 Å². The molecule has 106 valence electrons. The minimum atomic E-state index is 0.784. The maximum Gasteiger partial charge on any atom is 0.0113 e. The maximum atomic E-state index is 3.51. The van der Waals surface area contributed by atoms with Gasteiger partial charge in [-0.3, -0.25) is 4.90 Å². The van der Waals surface area contributed by atoms with Crippen LogP contribution in [0.4, 0.5) is 0 Å². The zero-order valence-corrected chi connectivity index (χ0v) is 12.6. The molecule has 2 aliphatic rings. The highest BCUT2D eigenvalue weighted by Crippen LogP contribution is 2.34. The van der Waals surface area contributed by atoms with Crippen LogP contribution in [0.2, 0.25) is 0 Å². The standard InChI is InChI=1S/C16H32N2/c1-13(2)7-4-5-10-18-15-8-6-9-16(18)12-14(11-15)17-3/h13-17H,4-12H2,1-3H3. The minimum Gasteiger partial charge on any atom is -0.317 e. The molecule has 2 aliphatic heterocycles. The Morgan fingerprint density at radius 3 is 2.33 bits per heavy atom. The first-order valence-electron chi connectivity index (χ1n) is 8.13. The topological polar surface area (TPSA) is 15.3 Å². The Hall–Kier alpha value is -0.0800. The first kappa shape index (κ1) is 14.3. The van der Waals surface area contributed by atoms with Crippen molar-refractivity contribution in [2.45, 2.75) is 83.3 Å². The van der Waals surface area contributed by atoms with Gasteiger partial charge in [-0.2, -0.15) is 0 Å². The van der Waals surface area contributed by atoms with Crippen LogP contribution in [0, 0.1) is 5.92 Å². The largest absolute Gasteiger partial charge is 0.317 e. The lowest BCUT2D eigenvalue weighted by Crippen LogP contribution is -2.55. The molecule has 0 aliphatic carbocycles. The molecular formula is C16H32N2. The molecule has 18 heavy (non-hydrogen) atoms. The van der Waals surface area contributed by atoms with Gasteiger partial charge in [0, 0.05) is 18.1 Å². The van der Waals surface area contributed by atoms with Gasteiger partial charge in [-0.25, -0.2) is 0 Å². The molecular weight excluding hydrogens is 220 g/mol. The fourth-order valence-corrected chi connectivity index (χ4v) is 3.93. The summed E-state index contributed by atoms with van der Waals surface area (Å²) in [6, 6.07) is 2.55. The summed E-state index contributed by atoms with van der Waals surface area (Å²) in [6.07, 6.45) is 11.4. The summed E-state index contributed by atoms with van der Waals surface area (Å²) in [5.74, 6) is 0.875. The van der Waals surface area contributed by atoms with E-state index < -0.39 is 0 Å². The Bertz CT molecular complexity index is 225. The summed E-state index contributed by atoms with van der Waals surface area (Å²) in [5.41, 5.74) is 0. The maximum absolute atomic E-state index is 3.51. The molecule has 0 amide bonds. The van der Waals surface area contributed by atoms with Gasteiger partial charge in [-0.15, -0.1) is 0 Å². The molecule has 1 N–H and O–H groups in total. The second kappa shape index (κ2) is 6.91. The van der Waals surface area contributed by atoms with Crippen LogP contribution in [0.1, 0.15) is 65.2 Å². The minimum absolute atomic E-state index is 0.784. The quantitative estimate of drug-likeness (QED) is 0.729. The van der Waals surface area contributed by atoms with E-state index in [1.165, 1.54) is 57.9 Å². The lowest BCUT2D eigenvalue weighted by Gasteiger charge is -2.49. The number of nitrogens with one attached hydrogen (secondary N) is 1. The van der Waals surface area contributed by atoms with Gasteiger partial charge < -0.3 is 5.32 Å². The summed E-state index contributed by atoms with van der Waals surface area (Å²) in [4.78, 5) is 2.86. The third-order valence-corrected chi connectivity index (χ3v) is 4.98. The summed E-state index contributed by atoms with van der Waals surface area (Å²) in [7, 11) is 2.14. The van der Waals surface area contributed by atoms with Crippen molar-refractivity contribution in [2.24, 2.45) is 5.92 Å². The number of piperidine rings is 2. The van der Waals surface area contributed by atoms with Crippen molar-refractivity contribution in [1.29, 1.82) is 0 Å². The van der Waals surface area contributed by atoms with Crippen LogP contribution in [-0.2, 0) is 0 Å². The van der Waals surface area contributed by atoms with Crippen molar-refractivity contribution < 1.29 is 0 Å². The first-order valence-corrected chi connectivity index (χ1v) is 8.13. The predicted molar refractivity (Wildman–Crippen MR) is 78.9 cm³/mol. The first-order chi connectivity index (χ1) is 8.70. The molecule has 2 saturated heterocycles. The number of rotatable bonds is 6. The smallest absolute Gasteiger partial charge is 0.0113 e. The fraction of sp³-hybridized carbons (Fsp3) is 1.00. The van der Waals surface area contributed by atoms with E-state index in [1.54, 1.807) is 0 Å². The Labute approximate surface area is 114 Å². The number of nitrogens with zero attached hydrogens (tertiary/aromatic N) is 1. The molecule has 0 radical (unpaired) electrons. The van der Waals surface area contributed by atoms with Crippen LogP contribution in [-0.4, -0.2) is 36.6 Å². The van der Waals surface area contributed by atoms with Gasteiger partial charge in [0.2, 0.25) is 0 Å². The molecule has 0 aromatic heterocycles. The number of hydrogen-bond acceptors (Lipinski definition) is 2. The molecule has 2 atom stereocenters. The van der Waals surface area contributed by atoms with E-state index in [0.717, 1.165) is 24.0 Å². The Morgan fingerprint density at radius 1 is 1.11 bits per heavy atom. The van der Waals surface area contributed by atoms with Gasteiger partial charge in [-0.05, 0) is 51.6 Å². The monoisotopic (exact) mass is 252 g/mol. The molecule has 0 aromatic carbocycles. The van der Waals surface area contributed by atoms with Crippen LogP contribution in [0.15, 0.2) is 0 Å². The lowest BCUT2D eigenvalue weighted by molar-refractivity contribution is 0.0245. The second-order valence-corrected chi connectivity index (χ2v) is 6.82. The second-order valence-electron chi connectivity index (χ2n) is 6.82. The highest BCUT2D eigenvalue weighted by atomic mass is 15.2. The summed E-state index contributed by atoms with van der Waals surface area (Å²) in [6.45, 7) is 6.04. The Kier molecular flexibility index (Phi) is 5.50. The average molecular weight is 252 g/mol. The molecule has 2 unspecified atom stereocenters. The van der Waals surface area contributed by atoms with Crippen LogP contribution >= 0.6 is 0 Å². The number of fused-ring (bicyclic) bond motifs is 2. The van der Waals surface area contributed by atoms with E-state index in [4.69, 9.17) is 0 Å². The summed E-state index contributed by atoms with van der Waals surface area (Å²) < 4.78 is 0. The molecule has 0 saturated carbocycles. The van der Waals surface area contributed by atoms with Crippen molar-refractivity contribution in [1.82, 2.24) is 10.2 Å². The summed E-state index contributed by atoms with van der Waals surface area (Å²) in [5, 5.41) is 3.51. The van der Waals surface area contributed by atoms with Gasteiger partial charge >= 0.3 is 0 Å². The van der Waals surface area contributed by atoms with Gasteiger partial charge in [0.1, 0.15) is 0 Å². The average Bonchev–Trinajstić information content (AvgIpc) is 2.33. The lowest BCUT2D eigenvalue weighted by atomic mass is 9.81. The van der Waals surface area contributed by atoms with Crippen LogP contribution in [0.3, 0.4) is 0 Å². The highest BCUT2D eigenvalue weighted by Gasteiger charge is 2.36. The van der Waals surface area contributed by atoms with Crippen molar-refractivity contribution in [3.8, 4) is 0 Å². The third kappa shape index (κ3) is 3.71. The van der Waals surface area contributed by atoms with Crippen molar-refractivity contribution >= 4 is 0 Å². The SMILES string of the molecule is CNC1CC2CCCC(C1)N2CCCCC(C)C. The molecule has 2 rings (SSSR count). The van der Waals surface area contributed by atoms with Gasteiger partial charge in [0.15, 0.2) is 0 Å². The predicted octanol–water partition coefficient (Wildman–Crippen LogP) is 3.42. The summed E-state index contributed by atoms with van der Waals surface area (Å²) >= 11 is 0. The van der Waals surface area contributed by atoms with E-state index in [0.29, 0.717) is 0 Å². The van der Waals surface area contributed by atoms with Crippen LogP contribution in [0.5, 0.6) is 0 Å². The molecule has 2 fully saturated rings.